The summed E-state index contributed by atoms with van der Waals surface area (Å²) in [7, 11) is 0. The SMILES string of the molecule is CC(C)CC[C@@H]1O[C@H]1CO. The van der Waals surface area contributed by atoms with Gasteiger partial charge in [0.15, 0.2) is 0 Å². The summed E-state index contributed by atoms with van der Waals surface area (Å²) in [6.07, 6.45) is 2.86. The van der Waals surface area contributed by atoms with Crippen LogP contribution in [0.15, 0.2) is 0 Å². The summed E-state index contributed by atoms with van der Waals surface area (Å²) in [4.78, 5) is 0. The second-order valence-corrected chi connectivity index (χ2v) is 3.37. The summed E-state index contributed by atoms with van der Waals surface area (Å²) < 4.78 is 5.17. The van der Waals surface area contributed by atoms with Crippen molar-refractivity contribution < 1.29 is 9.84 Å². The van der Waals surface area contributed by atoms with Crippen LogP contribution in [0.1, 0.15) is 26.7 Å². The van der Waals surface area contributed by atoms with Gasteiger partial charge in [-0.05, 0) is 18.8 Å². The van der Waals surface area contributed by atoms with Crippen LogP contribution in [0, 0.1) is 5.92 Å². The van der Waals surface area contributed by atoms with Gasteiger partial charge < -0.3 is 9.84 Å². The zero-order valence-electron chi connectivity index (χ0n) is 6.71. The van der Waals surface area contributed by atoms with E-state index in [0.717, 1.165) is 12.3 Å². The van der Waals surface area contributed by atoms with Gasteiger partial charge in [0.25, 0.3) is 0 Å². The molecule has 1 N–H and O–H groups in total. The van der Waals surface area contributed by atoms with Crippen LogP contribution in [0.5, 0.6) is 0 Å². The molecule has 0 saturated carbocycles. The molecule has 1 heterocycles. The van der Waals surface area contributed by atoms with Crippen molar-refractivity contribution in [3.05, 3.63) is 0 Å². The van der Waals surface area contributed by atoms with E-state index in [2.05, 4.69) is 13.8 Å². The number of ether oxygens (including phenoxy) is 1. The van der Waals surface area contributed by atoms with Crippen molar-refractivity contribution in [1.29, 1.82) is 0 Å². The highest BCUT2D eigenvalue weighted by atomic mass is 16.6. The van der Waals surface area contributed by atoms with Crippen LogP contribution < -0.4 is 0 Å². The van der Waals surface area contributed by atoms with Crippen molar-refractivity contribution in [3.8, 4) is 0 Å². The van der Waals surface area contributed by atoms with E-state index >= 15 is 0 Å². The summed E-state index contributed by atoms with van der Waals surface area (Å²) in [5.41, 5.74) is 0. The Balaban J connectivity index is 1.96. The maximum absolute atomic E-state index is 8.62. The monoisotopic (exact) mass is 144 g/mol. The van der Waals surface area contributed by atoms with Gasteiger partial charge in [-0.2, -0.15) is 0 Å². The zero-order valence-corrected chi connectivity index (χ0v) is 6.71. The Bertz CT molecular complexity index is 101. The van der Waals surface area contributed by atoms with Crippen molar-refractivity contribution in [2.75, 3.05) is 6.61 Å². The molecule has 0 aliphatic carbocycles. The zero-order chi connectivity index (χ0) is 7.56. The molecule has 1 saturated heterocycles. The lowest BCUT2D eigenvalue weighted by molar-refractivity contribution is 0.241. The molecule has 0 aromatic carbocycles. The molecule has 2 heteroatoms. The van der Waals surface area contributed by atoms with Crippen molar-refractivity contribution in [2.24, 2.45) is 5.92 Å². The van der Waals surface area contributed by atoms with Crippen LogP contribution in [0.25, 0.3) is 0 Å². The maximum atomic E-state index is 8.62. The number of rotatable bonds is 4. The molecule has 1 aliphatic heterocycles. The Kier molecular flexibility index (Phi) is 2.69. The molecule has 0 amide bonds. The van der Waals surface area contributed by atoms with E-state index in [4.69, 9.17) is 9.84 Å². The van der Waals surface area contributed by atoms with Crippen LogP contribution in [-0.2, 0) is 4.74 Å². The summed E-state index contributed by atoms with van der Waals surface area (Å²) in [6.45, 7) is 4.61. The Morgan fingerprint density at radius 1 is 1.40 bits per heavy atom. The maximum Gasteiger partial charge on any atom is 0.107 e. The standard InChI is InChI=1S/C8H16O2/c1-6(2)3-4-7-8(5-9)10-7/h6-9H,3-5H2,1-2H3/t7-,8-/m0/s1. The Labute approximate surface area is 62.2 Å². The Morgan fingerprint density at radius 3 is 2.50 bits per heavy atom. The fourth-order valence-corrected chi connectivity index (χ4v) is 1.09. The van der Waals surface area contributed by atoms with Crippen molar-refractivity contribution in [1.82, 2.24) is 0 Å². The third kappa shape index (κ3) is 2.27. The second kappa shape index (κ2) is 3.35. The summed E-state index contributed by atoms with van der Waals surface area (Å²) in [5.74, 6) is 0.753. The molecule has 1 fully saturated rings. The van der Waals surface area contributed by atoms with Gasteiger partial charge in [-0.25, -0.2) is 0 Å². The average Bonchev–Trinajstić information content (AvgIpc) is 2.61. The molecular formula is C8H16O2. The molecule has 0 aromatic rings. The predicted molar refractivity (Wildman–Crippen MR) is 39.8 cm³/mol. The quantitative estimate of drug-likeness (QED) is 0.601. The highest BCUT2D eigenvalue weighted by Gasteiger charge is 2.37. The number of hydrogen-bond acceptors (Lipinski definition) is 2. The van der Waals surface area contributed by atoms with Gasteiger partial charge in [0.05, 0.1) is 12.7 Å². The van der Waals surface area contributed by atoms with Crippen molar-refractivity contribution in [3.63, 3.8) is 0 Å². The lowest BCUT2D eigenvalue weighted by Gasteiger charge is -1.99. The first kappa shape index (κ1) is 8.02. The summed E-state index contributed by atoms with van der Waals surface area (Å²) in [6, 6.07) is 0. The molecule has 60 valence electrons. The van der Waals surface area contributed by atoms with Gasteiger partial charge in [0.2, 0.25) is 0 Å². The Hall–Kier alpha value is -0.0800. The van der Waals surface area contributed by atoms with Crippen molar-refractivity contribution in [2.45, 2.75) is 38.9 Å². The second-order valence-electron chi connectivity index (χ2n) is 3.37. The molecule has 2 atom stereocenters. The third-order valence-electron chi connectivity index (χ3n) is 1.90. The average molecular weight is 144 g/mol. The topological polar surface area (TPSA) is 32.8 Å². The van der Waals surface area contributed by atoms with E-state index in [1.165, 1.54) is 6.42 Å². The molecule has 0 unspecified atom stereocenters. The number of epoxide rings is 1. The minimum Gasteiger partial charge on any atom is -0.394 e. The van der Waals surface area contributed by atoms with Crippen LogP contribution >= 0.6 is 0 Å². The molecule has 0 spiro atoms. The van der Waals surface area contributed by atoms with E-state index < -0.39 is 0 Å². The van der Waals surface area contributed by atoms with E-state index in [-0.39, 0.29) is 12.7 Å². The molecule has 0 bridgehead atoms. The highest BCUT2D eigenvalue weighted by Crippen LogP contribution is 2.27. The van der Waals surface area contributed by atoms with Crippen LogP contribution in [0.4, 0.5) is 0 Å². The first-order valence-electron chi connectivity index (χ1n) is 4.00. The highest BCUT2D eigenvalue weighted by molar-refractivity contribution is 4.83. The summed E-state index contributed by atoms with van der Waals surface area (Å²) in [5, 5.41) is 8.62. The van der Waals surface area contributed by atoms with Gasteiger partial charge >= 0.3 is 0 Å². The van der Waals surface area contributed by atoms with Gasteiger partial charge in [-0.3, -0.25) is 0 Å². The van der Waals surface area contributed by atoms with E-state index in [1.807, 2.05) is 0 Å². The first-order chi connectivity index (χ1) is 4.74. The predicted octanol–water partition coefficient (Wildman–Crippen LogP) is 1.18. The van der Waals surface area contributed by atoms with Crippen LogP contribution in [0.3, 0.4) is 0 Å². The summed E-state index contributed by atoms with van der Waals surface area (Å²) >= 11 is 0. The molecule has 0 radical (unpaired) electrons. The minimum atomic E-state index is 0.166. The van der Waals surface area contributed by atoms with Gasteiger partial charge in [-0.15, -0.1) is 0 Å². The fraction of sp³-hybridized carbons (Fsp3) is 1.00. The van der Waals surface area contributed by atoms with Crippen molar-refractivity contribution >= 4 is 0 Å². The molecule has 0 aromatic heterocycles. The van der Waals surface area contributed by atoms with E-state index in [9.17, 15) is 0 Å². The van der Waals surface area contributed by atoms with Gasteiger partial charge in [-0.1, -0.05) is 13.8 Å². The molecular weight excluding hydrogens is 128 g/mol. The van der Waals surface area contributed by atoms with Crippen LogP contribution in [0.2, 0.25) is 0 Å². The lowest BCUT2D eigenvalue weighted by Crippen LogP contribution is -2.00. The normalized spacial score (nSPS) is 31.2. The van der Waals surface area contributed by atoms with Gasteiger partial charge in [0.1, 0.15) is 6.10 Å². The molecule has 10 heavy (non-hydrogen) atoms. The Morgan fingerprint density at radius 2 is 2.10 bits per heavy atom. The largest absolute Gasteiger partial charge is 0.394 e. The molecule has 1 rings (SSSR count). The van der Waals surface area contributed by atoms with E-state index in [0.29, 0.717) is 6.10 Å². The van der Waals surface area contributed by atoms with Gasteiger partial charge in [0, 0.05) is 0 Å². The fourth-order valence-electron chi connectivity index (χ4n) is 1.09. The molecule has 1 aliphatic rings. The number of aliphatic hydroxyl groups excluding tert-OH is 1. The first-order valence-corrected chi connectivity index (χ1v) is 4.00. The van der Waals surface area contributed by atoms with Crippen LogP contribution in [-0.4, -0.2) is 23.9 Å². The molecule has 2 nitrogen and oxygen atoms in total. The van der Waals surface area contributed by atoms with E-state index in [1.54, 1.807) is 0 Å². The smallest absolute Gasteiger partial charge is 0.107 e. The minimum absolute atomic E-state index is 0.166. The number of aliphatic hydroxyl groups is 1. The third-order valence-corrected chi connectivity index (χ3v) is 1.90. The number of hydrogen-bond donors (Lipinski definition) is 1. The lowest BCUT2D eigenvalue weighted by atomic mass is 10.1.